The Morgan fingerprint density at radius 2 is 1.96 bits per heavy atom. The molecular formula is C17H21N3O3. The highest BCUT2D eigenvalue weighted by Crippen LogP contribution is 2.33. The second-order valence-electron chi connectivity index (χ2n) is 6.09. The van der Waals surface area contributed by atoms with Crippen LogP contribution in [0.2, 0.25) is 0 Å². The topological polar surface area (TPSA) is 60.9 Å². The van der Waals surface area contributed by atoms with Crippen molar-refractivity contribution in [2.75, 3.05) is 26.7 Å². The minimum atomic E-state index is -0.270. The van der Waals surface area contributed by atoms with Crippen LogP contribution in [-0.2, 0) is 9.59 Å². The number of likely N-dealkylation sites (N-methyl/N-ethyl adjacent to an activating group) is 1. The lowest BCUT2D eigenvalue weighted by Gasteiger charge is -2.41. The number of carbonyl (C=O) groups excluding carboxylic acids is 3. The van der Waals surface area contributed by atoms with E-state index >= 15 is 0 Å². The second kappa shape index (κ2) is 6.40. The molecule has 2 aliphatic heterocycles. The van der Waals surface area contributed by atoms with Crippen LogP contribution in [0.15, 0.2) is 30.3 Å². The van der Waals surface area contributed by atoms with E-state index in [1.807, 2.05) is 35.2 Å². The fraction of sp³-hybridized carbons (Fsp3) is 0.471. The molecule has 122 valence electrons. The van der Waals surface area contributed by atoms with E-state index in [0.717, 1.165) is 13.0 Å². The molecular weight excluding hydrogens is 294 g/mol. The highest BCUT2D eigenvalue weighted by atomic mass is 16.2. The van der Waals surface area contributed by atoms with Gasteiger partial charge in [-0.15, -0.1) is 0 Å². The van der Waals surface area contributed by atoms with Gasteiger partial charge in [-0.1, -0.05) is 30.3 Å². The molecule has 4 amide bonds. The van der Waals surface area contributed by atoms with E-state index in [1.54, 1.807) is 7.05 Å². The van der Waals surface area contributed by atoms with Gasteiger partial charge in [-0.3, -0.25) is 14.5 Å². The zero-order chi connectivity index (χ0) is 16.4. The van der Waals surface area contributed by atoms with Crippen molar-refractivity contribution < 1.29 is 14.4 Å². The number of likely N-dealkylation sites (tertiary alicyclic amines) is 1. The Labute approximate surface area is 135 Å². The first-order valence-corrected chi connectivity index (χ1v) is 7.98. The summed E-state index contributed by atoms with van der Waals surface area (Å²) < 4.78 is 0. The van der Waals surface area contributed by atoms with Gasteiger partial charge in [-0.05, 0) is 18.4 Å². The van der Waals surface area contributed by atoms with Gasteiger partial charge in [0.1, 0.15) is 6.54 Å². The molecule has 0 radical (unpaired) electrons. The van der Waals surface area contributed by atoms with Gasteiger partial charge in [0.25, 0.3) is 0 Å². The maximum atomic E-state index is 12.3. The molecule has 6 nitrogen and oxygen atoms in total. The van der Waals surface area contributed by atoms with Gasteiger partial charge in [-0.2, -0.15) is 0 Å². The Kier molecular flexibility index (Phi) is 4.32. The fourth-order valence-electron chi connectivity index (χ4n) is 3.13. The van der Waals surface area contributed by atoms with Crippen LogP contribution in [0.3, 0.4) is 0 Å². The minimum absolute atomic E-state index is 0.0950. The Morgan fingerprint density at radius 1 is 1.22 bits per heavy atom. The normalized spacial score (nSPS) is 20.9. The summed E-state index contributed by atoms with van der Waals surface area (Å²) in [5, 5.41) is 0. The number of nitrogens with zero attached hydrogens (tertiary/aromatic N) is 3. The maximum Gasteiger partial charge on any atom is 0.326 e. The predicted octanol–water partition coefficient (Wildman–Crippen LogP) is 1.63. The second-order valence-corrected chi connectivity index (χ2v) is 6.09. The molecule has 3 rings (SSSR count). The van der Waals surface area contributed by atoms with Crippen LogP contribution < -0.4 is 0 Å². The number of amides is 4. The standard InChI is InChI=1S/C17H21N3O3/c1-18-12-16(22)20(17(18)23)10-5-8-15(21)19-11-9-14(19)13-6-3-2-4-7-13/h2-4,6-7,14H,5,8-12H2,1H3/t14-/m1/s1. The summed E-state index contributed by atoms with van der Waals surface area (Å²) in [6.45, 7) is 1.23. The lowest BCUT2D eigenvalue weighted by Crippen LogP contribution is -2.45. The molecule has 0 saturated carbocycles. The van der Waals surface area contributed by atoms with Gasteiger partial charge >= 0.3 is 6.03 Å². The van der Waals surface area contributed by atoms with E-state index < -0.39 is 0 Å². The minimum Gasteiger partial charge on any atom is -0.336 e. The quantitative estimate of drug-likeness (QED) is 0.776. The maximum absolute atomic E-state index is 12.3. The lowest BCUT2D eigenvalue weighted by molar-refractivity contribution is -0.139. The van der Waals surface area contributed by atoms with Crippen LogP contribution in [0.5, 0.6) is 0 Å². The molecule has 1 atom stereocenters. The monoisotopic (exact) mass is 315 g/mol. The zero-order valence-electron chi connectivity index (χ0n) is 13.3. The Morgan fingerprint density at radius 3 is 2.52 bits per heavy atom. The van der Waals surface area contributed by atoms with Crippen molar-refractivity contribution >= 4 is 17.8 Å². The summed E-state index contributed by atoms with van der Waals surface area (Å²) in [5.74, 6) is -0.0892. The number of hydrogen-bond acceptors (Lipinski definition) is 3. The molecule has 2 aliphatic rings. The van der Waals surface area contributed by atoms with Crippen LogP contribution >= 0.6 is 0 Å². The number of benzene rings is 1. The molecule has 0 N–H and O–H groups in total. The third-order valence-electron chi connectivity index (χ3n) is 4.53. The van der Waals surface area contributed by atoms with Gasteiger partial charge in [0.15, 0.2) is 0 Å². The summed E-state index contributed by atoms with van der Waals surface area (Å²) in [6, 6.07) is 9.92. The predicted molar refractivity (Wildman–Crippen MR) is 84.5 cm³/mol. The van der Waals surface area contributed by atoms with Crippen molar-refractivity contribution in [2.24, 2.45) is 0 Å². The van der Waals surface area contributed by atoms with E-state index in [1.165, 1.54) is 15.4 Å². The first kappa shape index (κ1) is 15.5. The Balaban J connectivity index is 1.49. The average Bonchev–Trinajstić information content (AvgIpc) is 2.73. The third-order valence-corrected chi connectivity index (χ3v) is 4.53. The number of hydrogen-bond donors (Lipinski definition) is 0. The average molecular weight is 315 g/mol. The third kappa shape index (κ3) is 3.06. The number of carbonyl (C=O) groups is 3. The van der Waals surface area contributed by atoms with Crippen LogP contribution in [0, 0.1) is 0 Å². The van der Waals surface area contributed by atoms with E-state index in [2.05, 4.69) is 0 Å². The molecule has 1 aromatic carbocycles. The molecule has 0 aliphatic carbocycles. The summed E-state index contributed by atoms with van der Waals surface area (Å²) in [4.78, 5) is 40.3. The highest BCUT2D eigenvalue weighted by molar-refractivity contribution is 6.01. The molecule has 0 spiro atoms. The molecule has 2 saturated heterocycles. The van der Waals surface area contributed by atoms with Crippen molar-refractivity contribution in [2.45, 2.75) is 25.3 Å². The smallest absolute Gasteiger partial charge is 0.326 e. The van der Waals surface area contributed by atoms with E-state index in [9.17, 15) is 14.4 Å². The van der Waals surface area contributed by atoms with Crippen molar-refractivity contribution in [1.29, 1.82) is 0 Å². The van der Waals surface area contributed by atoms with Crippen LogP contribution in [0.1, 0.15) is 30.9 Å². The van der Waals surface area contributed by atoms with Gasteiger partial charge in [0, 0.05) is 26.6 Å². The zero-order valence-corrected chi connectivity index (χ0v) is 13.3. The lowest BCUT2D eigenvalue weighted by atomic mass is 9.94. The van der Waals surface area contributed by atoms with Crippen molar-refractivity contribution in [1.82, 2.24) is 14.7 Å². The molecule has 1 aromatic rings. The molecule has 2 heterocycles. The van der Waals surface area contributed by atoms with Crippen LogP contribution in [-0.4, -0.2) is 59.2 Å². The van der Waals surface area contributed by atoms with Gasteiger partial charge in [0.2, 0.25) is 11.8 Å². The summed E-state index contributed by atoms with van der Waals surface area (Å²) in [6.07, 6.45) is 1.87. The van der Waals surface area contributed by atoms with Crippen molar-refractivity contribution in [3.63, 3.8) is 0 Å². The first-order valence-electron chi connectivity index (χ1n) is 7.98. The number of rotatable bonds is 5. The van der Waals surface area contributed by atoms with Crippen LogP contribution in [0.25, 0.3) is 0 Å². The van der Waals surface area contributed by atoms with Gasteiger partial charge in [0.05, 0.1) is 6.04 Å². The molecule has 0 aromatic heterocycles. The Hall–Kier alpha value is -2.37. The van der Waals surface area contributed by atoms with Crippen LogP contribution in [0.4, 0.5) is 4.79 Å². The van der Waals surface area contributed by atoms with E-state index in [-0.39, 0.29) is 30.4 Å². The van der Waals surface area contributed by atoms with E-state index in [0.29, 0.717) is 19.4 Å². The highest BCUT2D eigenvalue weighted by Gasteiger charge is 2.35. The molecule has 0 bridgehead atoms. The van der Waals surface area contributed by atoms with Crippen molar-refractivity contribution in [3.8, 4) is 0 Å². The molecule has 6 heteroatoms. The summed E-state index contributed by atoms with van der Waals surface area (Å²) >= 11 is 0. The number of imide groups is 1. The largest absolute Gasteiger partial charge is 0.336 e. The SMILES string of the molecule is CN1CC(=O)N(CCCC(=O)N2CC[C@@H]2c2ccccc2)C1=O. The molecule has 0 unspecified atom stereocenters. The Bertz CT molecular complexity index is 617. The summed E-state index contributed by atoms with van der Waals surface area (Å²) in [5.41, 5.74) is 1.17. The van der Waals surface area contributed by atoms with Crippen molar-refractivity contribution in [3.05, 3.63) is 35.9 Å². The fourth-order valence-corrected chi connectivity index (χ4v) is 3.13. The van der Waals surface area contributed by atoms with Gasteiger partial charge in [-0.25, -0.2) is 4.79 Å². The van der Waals surface area contributed by atoms with Gasteiger partial charge < -0.3 is 9.80 Å². The first-order chi connectivity index (χ1) is 11.1. The molecule has 2 fully saturated rings. The van der Waals surface area contributed by atoms with E-state index in [4.69, 9.17) is 0 Å². The summed E-state index contributed by atoms with van der Waals surface area (Å²) in [7, 11) is 1.61. The molecule has 23 heavy (non-hydrogen) atoms. The number of urea groups is 1.